The van der Waals surface area contributed by atoms with Gasteiger partial charge in [0.25, 0.3) is 0 Å². The Bertz CT molecular complexity index is 568. The molecular formula is C16H24BNO4. The summed E-state index contributed by atoms with van der Waals surface area (Å²) in [6.07, 6.45) is 3.58. The third kappa shape index (κ3) is 3.19. The highest BCUT2D eigenvalue weighted by Crippen LogP contribution is 2.38. The van der Waals surface area contributed by atoms with E-state index in [-0.39, 0.29) is 6.61 Å². The number of hydrogen-bond donors (Lipinski definition) is 1. The second-order valence-electron chi connectivity index (χ2n) is 6.55. The number of methoxy groups -OCH3 is 1. The number of hydrogen-bond acceptors (Lipinski definition) is 5. The molecule has 6 heteroatoms. The second-order valence-corrected chi connectivity index (χ2v) is 6.55. The number of aliphatic hydroxyl groups excluding tert-OH is 1. The molecule has 0 saturated carbocycles. The van der Waals surface area contributed by atoms with Gasteiger partial charge in [-0.1, -0.05) is 6.08 Å². The normalized spacial score (nSPS) is 20.3. The van der Waals surface area contributed by atoms with Gasteiger partial charge in [-0.15, -0.1) is 0 Å². The van der Waals surface area contributed by atoms with E-state index >= 15 is 0 Å². The van der Waals surface area contributed by atoms with Gasteiger partial charge in [0.05, 0.1) is 24.9 Å². The van der Waals surface area contributed by atoms with Crippen LogP contribution in [-0.4, -0.2) is 42.1 Å². The van der Waals surface area contributed by atoms with Crippen molar-refractivity contribution in [1.82, 2.24) is 4.98 Å². The van der Waals surface area contributed by atoms with Crippen molar-refractivity contribution in [3.05, 3.63) is 28.9 Å². The molecule has 0 aromatic carbocycles. The topological polar surface area (TPSA) is 60.8 Å². The van der Waals surface area contributed by atoms with E-state index in [1.807, 2.05) is 46.8 Å². The standard InChI is InChI=1S/C16H24BNO4/c1-11-7-14(20-6)18-9-12(11)8-13(10-19)17-21-15(2,3)16(4,5)22-17/h7-9,19H,10H2,1-6H3. The molecule has 0 atom stereocenters. The number of aliphatic hydroxyl groups is 1. The summed E-state index contributed by atoms with van der Waals surface area (Å²) in [5, 5.41) is 9.71. The second kappa shape index (κ2) is 6.03. The first-order chi connectivity index (χ1) is 10.2. The Kier molecular flexibility index (Phi) is 4.66. The molecule has 1 fully saturated rings. The van der Waals surface area contributed by atoms with Crippen molar-refractivity contribution < 1.29 is 19.2 Å². The molecule has 22 heavy (non-hydrogen) atoms. The van der Waals surface area contributed by atoms with Crippen LogP contribution in [0.1, 0.15) is 38.8 Å². The Labute approximate surface area is 132 Å². The van der Waals surface area contributed by atoms with Crippen molar-refractivity contribution in [1.29, 1.82) is 0 Å². The van der Waals surface area contributed by atoms with Gasteiger partial charge in [-0.3, -0.25) is 0 Å². The first kappa shape index (κ1) is 17.0. The van der Waals surface area contributed by atoms with Crippen LogP contribution >= 0.6 is 0 Å². The van der Waals surface area contributed by atoms with Crippen molar-refractivity contribution in [2.45, 2.75) is 45.8 Å². The minimum Gasteiger partial charge on any atom is -0.481 e. The zero-order valence-electron chi connectivity index (χ0n) is 14.1. The third-order valence-electron chi connectivity index (χ3n) is 4.41. The number of pyridine rings is 1. The third-order valence-corrected chi connectivity index (χ3v) is 4.41. The molecule has 0 unspecified atom stereocenters. The molecule has 0 aliphatic carbocycles. The first-order valence-electron chi connectivity index (χ1n) is 7.38. The quantitative estimate of drug-likeness (QED) is 0.866. The van der Waals surface area contributed by atoms with Gasteiger partial charge in [0.1, 0.15) is 0 Å². The molecule has 5 nitrogen and oxygen atoms in total. The van der Waals surface area contributed by atoms with E-state index in [1.165, 1.54) is 0 Å². The van der Waals surface area contributed by atoms with Gasteiger partial charge in [-0.05, 0) is 51.2 Å². The number of nitrogens with zero attached hydrogens (tertiary/aromatic N) is 1. The summed E-state index contributed by atoms with van der Waals surface area (Å²) in [4.78, 5) is 4.20. The molecule has 1 aliphatic rings. The zero-order valence-corrected chi connectivity index (χ0v) is 14.1. The molecule has 1 N–H and O–H groups in total. The van der Waals surface area contributed by atoms with Crippen LogP contribution in [0.15, 0.2) is 17.7 Å². The number of aryl methyl sites for hydroxylation is 1. The summed E-state index contributed by atoms with van der Waals surface area (Å²) >= 11 is 0. The maximum atomic E-state index is 9.71. The summed E-state index contributed by atoms with van der Waals surface area (Å²) in [6.45, 7) is 9.78. The highest BCUT2D eigenvalue weighted by Gasteiger charge is 2.52. The van der Waals surface area contributed by atoms with Crippen LogP contribution in [0.3, 0.4) is 0 Å². The SMILES string of the molecule is COc1cc(C)c(C=C(CO)B2OC(C)(C)C(C)(C)O2)cn1. The molecule has 2 heterocycles. The predicted molar refractivity (Wildman–Crippen MR) is 86.7 cm³/mol. The maximum Gasteiger partial charge on any atom is 0.492 e. The molecule has 1 aromatic rings. The van der Waals surface area contributed by atoms with Crippen LogP contribution < -0.4 is 4.74 Å². The van der Waals surface area contributed by atoms with Gasteiger partial charge >= 0.3 is 7.12 Å². The van der Waals surface area contributed by atoms with E-state index in [4.69, 9.17) is 14.0 Å². The summed E-state index contributed by atoms with van der Waals surface area (Å²) < 4.78 is 17.1. The summed E-state index contributed by atoms with van der Waals surface area (Å²) in [6, 6.07) is 1.85. The fraction of sp³-hybridized carbons (Fsp3) is 0.562. The largest absolute Gasteiger partial charge is 0.492 e. The Balaban J connectivity index is 2.29. The van der Waals surface area contributed by atoms with Gasteiger partial charge in [0.15, 0.2) is 0 Å². The molecule has 0 bridgehead atoms. The lowest BCUT2D eigenvalue weighted by atomic mass is 9.77. The minimum atomic E-state index is -0.559. The highest BCUT2D eigenvalue weighted by atomic mass is 16.7. The molecule has 1 aliphatic heterocycles. The number of aromatic nitrogens is 1. The average Bonchev–Trinajstić information content (AvgIpc) is 2.65. The van der Waals surface area contributed by atoms with Gasteiger partial charge < -0.3 is 19.2 Å². The molecule has 0 amide bonds. The van der Waals surface area contributed by atoms with Gasteiger partial charge in [0.2, 0.25) is 5.88 Å². The molecule has 1 saturated heterocycles. The maximum absolute atomic E-state index is 9.71. The van der Waals surface area contributed by atoms with E-state index in [1.54, 1.807) is 13.3 Å². The fourth-order valence-corrected chi connectivity index (χ4v) is 2.19. The van der Waals surface area contributed by atoms with Crippen LogP contribution in [0.4, 0.5) is 0 Å². The first-order valence-corrected chi connectivity index (χ1v) is 7.38. The van der Waals surface area contributed by atoms with E-state index in [0.717, 1.165) is 11.1 Å². The predicted octanol–water partition coefficient (Wildman–Crippen LogP) is 2.41. The lowest BCUT2D eigenvalue weighted by molar-refractivity contribution is 0.00578. The van der Waals surface area contributed by atoms with Crippen molar-refractivity contribution in [2.24, 2.45) is 0 Å². The Morgan fingerprint density at radius 2 is 1.91 bits per heavy atom. The summed E-state index contributed by atoms with van der Waals surface area (Å²) in [5.41, 5.74) is 1.72. The van der Waals surface area contributed by atoms with Crippen molar-refractivity contribution in [2.75, 3.05) is 13.7 Å². The molecule has 0 spiro atoms. The number of rotatable bonds is 4. The molecule has 0 radical (unpaired) electrons. The average molecular weight is 305 g/mol. The van der Waals surface area contributed by atoms with Crippen LogP contribution in [-0.2, 0) is 9.31 Å². The van der Waals surface area contributed by atoms with Crippen molar-refractivity contribution in [3.8, 4) is 5.88 Å². The minimum absolute atomic E-state index is 0.137. The van der Waals surface area contributed by atoms with E-state index in [9.17, 15) is 5.11 Å². The van der Waals surface area contributed by atoms with Gasteiger partial charge in [-0.25, -0.2) is 4.98 Å². The Morgan fingerprint density at radius 1 is 1.32 bits per heavy atom. The highest BCUT2D eigenvalue weighted by molar-refractivity contribution is 6.55. The lowest BCUT2D eigenvalue weighted by Crippen LogP contribution is -2.41. The molecule has 120 valence electrons. The fourth-order valence-electron chi connectivity index (χ4n) is 2.19. The zero-order chi connectivity index (χ0) is 16.5. The van der Waals surface area contributed by atoms with Crippen LogP contribution in [0.25, 0.3) is 6.08 Å². The summed E-state index contributed by atoms with van der Waals surface area (Å²) in [7, 11) is 1.03. The lowest BCUT2D eigenvalue weighted by Gasteiger charge is -2.32. The summed E-state index contributed by atoms with van der Waals surface area (Å²) in [5.74, 6) is 0.566. The van der Waals surface area contributed by atoms with Crippen LogP contribution in [0.2, 0.25) is 0 Å². The molecule has 1 aromatic heterocycles. The van der Waals surface area contributed by atoms with Gasteiger partial charge in [0, 0.05) is 12.3 Å². The smallest absolute Gasteiger partial charge is 0.481 e. The molecule has 2 rings (SSSR count). The molecular weight excluding hydrogens is 281 g/mol. The van der Waals surface area contributed by atoms with E-state index in [2.05, 4.69) is 4.98 Å². The van der Waals surface area contributed by atoms with E-state index in [0.29, 0.717) is 11.4 Å². The number of ether oxygens (including phenoxy) is 1. The Morgan fingerprint density at radius 3 is 2.36 bits per heavy atom. The van der Waals surface area contributed by atoms with E-state index < -0.39 is 18.3 Å². The Hall–Kier alpha value is -1.37. The van der Waals surface area contributed by atoms with Crippen LogP contribution in [0, 0.1) is 6.92 Å². The van der Waals surface area contributed by atoms with Crippen molar-refractivity contribution in [3.63, 3.8) is 0 Å². The van der Waals surface area contributed by atoms with Crippen molar-refractivity contribution >= 4 is 13.2 Å². The van der Waals surface area contributed by atoms with Gasteiger partial charge in [-0.2, -0.15) is 0 Å². The van der Waals surface area contributed by atoms with Crippen LogP contribution in [0.5, 0.6) is 5.88 Å². The monoisotopic (exact) mass is 305 g/mol.